The first-order valence-electron chi connectivity index (χ1n) is 27.0. The Morgan fingerprint density at radius 1 is 0.446 bits per heavy atom. The summed E-state index contributed by atoms with van der Waals surface area (Å²) in [5.41, 5.74) is 7.70. The van der Waals surface area contributed by atoms with Gasteiger partial charge in [-0.05, 0) is 74.9 Å². The molecule has 2 aromatic heterocycles. The molecule has 0 atom stereocenters. The largest absolute Gasteiger partial charge is 0.384 e. The Balaban J connectivity index is 0.771. The number of nitrogens with one attached hydrogen (secondary N) is 2. The fourth-order valence-corrected chi connectivity index (χ4v) is 9.73. The lowest BCUT2D eigenvalue weighted by molar-refractivity contribution is -0.890. The van der Waals surface area contributed by atoms with Gasteiger partial charge in [0.25, 0.3) is 0 Å². The third kappa shape index (κ3) is 16.5. The van der Waals surface area contributed by atoms with Crippen molar-refractivity contribution >= 4 is 46.7 Å². The molecule has 0 unspecified atom stereocenters. The summed E-state index contributed by atoms with van der Waals surface area (Å²) in [4.78, 5) is 28.3. The van der Waals surface area contributed by atoms with E-state index in [0.717, 1.165) is 121 Å². The number of rotatable bonds is 30. The van der Waals surface area contributed by atoms with Crippen LogP contribution >= 0.6 is 0 Å². The number of aromatic nitrogens is 2. The van der Waals surface area contributed by atoms with E-state index in [9.17, 15) is 9.59 Å². The molecule has 0 fully saturated rings. The van der Waals surface area contributed by atoms with Crippen molar-refractivity contribution in [1.29, 1.82) is 0 Å². The predicted molar refractivity (Wildman–Crippen MR) is 305 cm³/mol. The van der Waals surface area contributed by atoms with Gasteiger partial charge in [0.05, 0.1) is 89.3 Å². The zero-order valence-electron chi connectivity index (χ0n) is 45.1. The lowest BCUT2D eigenvalue weighted by Gasteiger charge is -2.30. The van der Waals surface area contributed by atoms with E-state index in [-0.39, 0.29) is 11.6 Å². The molecule has 0 radical (unpaired) electrons. The number of fused-ring (bicyclic) bond motifs is 2. The number of carbonyl (C=O) groups excluding carboxylic acids is 2. The fourth-order valence-electron chi connectivity index (χ4n) is 9.73. The van der Waals surface area contributed by atoms with Crippen LogP contribution in [0.3, 0.4) is 0 Å². The number of pyridine rings is 2. The van der Waals surface area contributed by atoms with Gasteiger partial charge in [0.15, 0.2) is 36.4 Å². The molecule has 74 heavy (non-hydrogen) atoms. The minimum atomic E-state index is -0.0906. The van der Waals surface area contributed by atoms with Crippen LogP contribution in [0.5, 0.6) is 0 Å². The second-order valence-electron chi connectivity index (χ2n) is 21.2. The SMILES string of the molecule is CN(N=Cc1cc[n+](CCCCCC[N+](C)(C)CCCNc2cccc3c2C(=O)c2c(NCCC[N+](C)(C)CCCCCC[n+]4ccc(C=NN(C)c5ccccc5)cc4)cccc2C3=O)cc1)c1ccccc1. The van der Waals surface area contributed by atoms with Crippen LogP contribution in [-0.2, 0) is 13.1 Å². The highest BCUT2D eigenvalue weighted by Crippen LogP contribution is 2.35. The first-order chi connectivity index (χ1) is 35.9. The zero-order chi connectivity index (χ0) is 52.2. The quantitative estimate of drug-likeness (QED) is 0.0153. The average Bonchev–Trinajstić information content (AvgIpc) is 3.42. The van der Waals surface area contributed by atoms with E-state index < -0.39 is 0 Å². The van der Waals surface area contributed by atoms with Gasteiger partial charge >= 0.3 is 0 Å². The third-order valence-electron chi connectivity index (χ3n) is 14.3. The molecule has 388 valence electrons. The summed E-state index contributed by atoms with van der Waals surface area (Å²) in [5.74, 6) is -0.181. The van der Waals surface area contributed by atoms with Crippen molar-refractivity contribution in [3.8, 4) is 0 Å². The van der Waals surface area contributed by atoms with Gasteiger partial charge in [0, 0.05) is 111 Å². The second-order valence-corrected chi connectivity index (χ2v) is 21.2. The maximum Gasteiger partial charge on any atom is 0.198 e. The van der Waals surface area contributed by atoms with Gasteiger partial charge in [-0.1, -0.05) is 60.7 Å². The Kier molecular flexibility index (Phi) is 20.2. The first kappa shape index (κ1) is 54.7. The van der Waals surface area contributed by atoms with Crippen LogP contribution in [0.2, 0.25) is 0 Å². The number of carbonyl (C=O) groups is 2. The standard InChI is InChI=1S/C62H81N10O2/c1-67(53-25-13-11-14-26-53)65-49-51-33-41-69(42-34-51)39-17-7-9-19-45-71(3,4)47-23-37-63-57-31-21-29-55-59(57)62(74)60-56(61(55)73)30-22-32-58(60)64-38-24-48-72(5,6)46-20-10-8-18-40-70-43-35-52(36-44-70)50-66-68(2)54-27-15-12-16-28-54/h11-16,21-22,25-36,41-44,49-50H,7-10,17-20,23-24,37-40,45-48H2,1-6H3,(H-,63,64,74)/q+3/p+1. The molecule has 0 aliphatic heterocycles. The Hall–Kier alpha value is -7.02. The molecule has 0 spiro atoms. The summed E-state index contributed by atoms with van der Waals surface area (Å²) in [6.45, 7) is 7.77. The van der Waals surface area contributed by atoms with Crippen molar-refractivity contribution in [2.24, 2.45) is 10.2 Å². The first-order valence-corrected chi connectivity index (χ1v) is 27.0. The van der Waals surface area contributed by atoms with E-state index in [1.807, 2.05) is 121 Å². The van der Waals surface area contributed by atoms with Crippen molar-refractivity contribution < 1.29 is 27.7 Å². The Labute approximate surface area is 441 Å². The van der Waals surface area contributed by atoms with Crippen LogP contribution in [0.15, 0.2) is 156 Å². The molecule has 6 aromatic rings. The number of anilines is 4. The number of unbranched alkanes of at least 4 members (excludes halogenated alkanes) is 6. The van der Waals surface area contributed by atoms with Gasteiger partial charge in [-0.3, -0.25) is 19.6 Å². The number of aryl methyl sites for hydroxylation is 2. The van der Waals surface area contributed by atoms with Crippen LogP contribution in [0.25, 0.3) is 0 Å². The van der Waals surface area contributed by atoms with Crippen LogP contribution in [0.1, 0.15) is 107 Å². The van der Waals surface area contributed by atoms with Gasteiger partial charge in [0.1, 0.15) is 13.1 Å². The van der Waals surface area contributed by atoms with Crippen molar-refractivity contribution in [2.45, 2.75) is 77.3 Å². The molecule has 12 heteroatoms. The Morgan fingerprint density at radius 2 is 0.824 bits per heavy atom. The van der Waals surface area contributed by atoms with Gasteiger partial charge in [-0.25, -0.2) is 9.13 Å². The van der Waals surface area contributed by atoms with E-state index in [4.69, 9.17) is 0 Å². The summed E-state index contributed by atoms with van der Waals surface area (Å²) in [6.07, 6.45) is 23.8. The molecular formula is C62H82N10O2+4. The third-order valence-corrected chi connectivity index (χ3v) is 14.3. The molecule has 2 N–H and O–H groups in total. The minimum Gasteiger partial charge on any atom is -0.384 e. The van der Waals surface area contributed by atoms with Gasteiger partial charge < -0.3 is 19.6 Å². The fraction of sp³-hybridized carbons (Fsp3) is 0.387. The van der Waals surface area contributed by atoms with E-state index in [1.165, 1.54) is 38.5 Å². The van der Waals surface area contributed by atoms with Gasteiger partial charge in [-0.2, -0.15) is 10.2 Å². The topological polar surface area (TPSA) is 97.2 Å². The highest BCUT2D eigenvalue weighted by Gasteiger charge is 2.33. The number of para-hydroxylation sites is 2. The maximum atomic E-state index is 14.4. The van der Waals surface area contributed by atoms with E-state index in [2.05, 4.69) is 107 Å². The van der Waals surface area contributed by atoms with Crippen LogP contribution < -0.4 is 29.8 Å². The Morgan fingerprint density at radius 3 is 1.23 bits per heavy atom. The smallest absolute Gasteiger partial charge is 0.198 e. The molecule has 1 aliphatic rings. The summed E-state index contributed by atoms with van der Waals surface area (Å²) in [6, 6.07) is 40.0. The van der Waals surface area contributed by atoms with Gasteiger partial charge in [-0.15, -0.1) is 0 Å². The predicted octanol–water partition coefficient (Wildman–Crippen LogP) is 10.3. The average molecular weight is 999 g/mol. The number of hydrogen-bond acceptors (Lipinski definition) is 8. The lowest BCUT2D eigenvalue weighted by Crippen LogP contribution is -2.41. The van der Waals surface area contributed by atoms with Gasteiger partial charge in [0.2, 0.25) is 0 Å². The number of benzene rings is 4. The van der Waals surface area contributed by atoms with E-state index >= 15 is 0 Å². The highest BCUT2D eigenvalue weighted by molar-refractivity contribution is 6.31. The van der Waals surface area contributed by atoms with Crippen LogP contribution in [-0.4, -0.2) is 115 Å². The highest BCUT2D eigenvalue weighted by atomic mass is 16.1. The second kappa shape index (κ2) is 27.3. The number of quaternary nitrogens is 2. The number of hydrogen-bond donors (Lipinski definition) is 2. The maximum absolute atomic E-state index is 14.4. The number of nitrogens with zero attached hydrogens (tertiary/aromatic N) is 8. The summed E-state index contributed by atoms with van der Waals surface area (Å²) in [5, 5.41) is 20.0. The summed E-state index contributed by atoms with van der Waals surface area (Å²) >= 11 is 0. The molecular weight excluding hydrogens is 917 g/mol. The van der Waals surface area contributed by atoms with Crippen molar-refractivity contribution in [3.63, 3.8) is 0 Å². The molecule has 7 rings (SSSR count). The van der Waals surface area contributed by atoms with Crippen LogP contribution in [0, 0.1) is 0 Å². The molecule has 1 aliphatic carbocycles. The number of hydrazone groups is 2. The minimum absolute atomic E-state index is 0.0899. The van der Waals surface area contributed by atoms with Crippen molar-refractivity contribution in [2.75, 3.05) is 102 Å². The molecule has 0 saturated carbocycles. The zero-order valence-corrected chi connectivity index (χ0v) is 45.1. The van der Waals surface area contributed by atoms with Crippen LogP contribution in [0.4, 0.5) is 22.7 Å². The van der Waals surface area contributed by atoms with Crippen molar-refractivity contribution in [1.82, 2.24) is 0 Å². The summed E-state index contributed by atoms with van der Waals surface area (Å²) in [7, 11) is 13.2. The molecule has 4 aromatic carbocycles. The molecule has 12 nitrogen and oxygen atoms in total. The summed E-state index contributed by atoms with van der Waals surface area (Å²) < 4.78 is 6.41. The monoisotopic (exact) mass is 999 g/mol. The molecule has 0 amide bonds. The number of ketones is 2. The lowest BCUT2D eigenvalue weighted by atomic mass is 9.82. The molecule has 2 heterocycles. The normalized spacial score (nSPS) is 12.6. The van der Waals surface area contributed by atoms with Crippen molar-refractivity contribution in [3.05, 3.63) is 179 Å². The van der Waals surface area contributed by atoms with E-state index in [1.54, 1.807) is 12.1 Å². The van der Waals surface area contributed by atoms with E-state index in [0.29, 0.717) is 22.3 Å². The Bertz CT molecular complexity index is 2570. The molecule has 0 saturated heterocycles. The molecule has 0 bridgehead atoms.